The Hall–Kier alpha value is -2.56. The van der Waals surface area contributed by atoms with Crippen LogP contribution in [-0.2, 0) is 6.54 Å². The van der Waals surface area contributed by atoms with Gasteiger partial charge in [-0.1, -0.05) is 18.2 Å². The Morgan fingerprint density at radius 2 is 2.00 bits per heavy atom. The van der Waals surface area contributed by atoms with Gasteiger partial charge in [-0.15, -0.1) is 0 Å². The van der Waals surface area contributed by atoms with Crippen LogP contribution in [-0.4, -0.2) is 29.9 Å². The number of rotatable bonds is 4. The van der Waals surface area contributed by atoms with Crippen LogP contribution in [0.15, 0.2) is 42.6 Å². The number of hydrogen-bond donors (Lipinski definition) is 2. The van der Waals surface area contributed by atoms with Crippen LogP contribution in [0, 0.1) is 0 Å². The molecule has 1 aromatic carbocycles. The number of hydrogen-bond acceptors (Lipinski definition) is 4. The minimum atomic E-state index is -0.0589. The van der Waals surface area contributed by atoms with Gasteiger partial charge in [0.1, 0.15) is 5.82 Å². The van der Waals surface area contributed by atoms with E-state index in [4.69, 9.17) is 5.73 Å². The van der Waals surface area contributed by atoms with Crippen LogP contribution in [0.2, 0.25) is 0 Å². The Kier molecular flexibility index (Phi) is 4.20. The van der Waals surface area contributed by atoms with Gasteiger partial charge < -0.3 is 16.0 Å². The van der Waals surface area contributed by atoms with Crippen molar-refractivity contribution in [2.75, 3.05) is 25.1 Å². The van der Waals surface area contributed by atoms with E-state index < -0.39 is 0 Å². The molecule has 0 unspecified atom stereocenters. The number of anilines is 2. The van der Waals surface area contributed by atoms with Gasteiger partial charge in [0, 0.05) is 32.5 Å². The lowest BCUT2D eigenvalue weighted by molar-refractivity contribution is 0.0827. The number of nitrogens with one attached hydrogen (secondary N) is 1. The normalized spacial score (nSPS) is 10.1. The zero-order valence-corrected chi connectivity index (χ0v) is 11.6. The first kappa shape index (κ1) is 13.9. The molecule has 0 atom stereocenters. The topological polar surface area (TPSA) is 71.2 Å². The number of nitrogens with zero attached hydrogens (tertiary/aromatic N) is 2. The highest BCUT2D eigenvalue weighted by atomic mass is 16.2. The summed E-state index contributed by atoms with van der Waals surface area (Å²) in [5.74, 6) is 0.653. The Labute approximate surface area is 118 Å². The average molecular weight is 270 g/mol. The molecule has 1 aromatic heterocycles. The van der Waals surface area contributed by atoms with Crippen molar-refractivity contribution in [3.63, 3.8) is 0 Å². The second kappa shape index (κ2) is 6.06. The van der Waals surface area contributed by atoms with E-state index in [0.717, 1.165) is 11.3 Å². The molecule has 0 aliphatic carbocycles. The van der Waals surface area contributed by atoms with Crippen molar-refractivity contribution >= 4 is 17.4 Å². The maximum absolute atomic E-state index is 11.7. The number of amides is 1. The molecule has 5 heteroatoms. The van der Waals surface area contributed by atoms with Gasteiger partial charge in [0.05, 0.1) is 5.56 Å². The van der Waals surface area contributed by atoms with Crippen LogP contribution in [0.3, 0.4) is 0 Å². The zero-order valence-electron chi connectivity index (χ0n) is 11.6. The number of nitrogen functional groups attached to an aromatic ring is 1. The van der Waals surface area contributed by atoms with Crippen LogP contribution >= 0.6 is 0 Å². The third kappa shape index (κ3) is 3.26. The fourth-order valence-electron chi connectivity index (χ4n) is 1.76. The highest BCUT2D eigenvalue weighted by molar-refractivity contribution is 5.93. The Morgan fingerprint density at radius 1 is 1.25 bits per heavy atom. The van der Waals surface area contributed by atoms with Gasteiger partial charge in [-0.25, -0.2) is 4.98 Å². The number of carbonyl (C=O) groups excluding carboxylic acids is 1. The van der Waals surface area contributed by atoms with Crippen molar-refractivity contribution in [1.82, 2.24) is 9.88 Å². The molecule has 0 radical (unpaired) electrons. The van der Waals surface area contributed by atoms with Gasteiger partial charge in [0.25, 0.3) is 5.91 Å². The SMILES string of the molecule is CN(C)C(=O)c1ccc(NCc2ccccc2N)nc1. The van der Waals surface area contributed by atoms with E-state index in [2.05, 4.69) is 10.3 Å². The molecule has 0 aliphatic heterocycles. The molecule has 2 rings (SSSR count). The fourth-order valence-corrected chi connectivity index (χ4v) is 1.76. The molecule has 0 bridgehead atoms. The number of carbonyl (C=O) groups is 1. The third-order valence-electron chi connectivity index (χ3n) is 2.93. The number of pyridine rings is 1. The summed E-state index contributed by atoms with van der Waals surface area (Å²) in [6.07, 6.45) is 1.57. The first-order valence-corrected chi connectivity index (χ1v) is 6.33. The van der Waals surface area contributed by atoms with Crippen molar-refractivity contribution < 1.29 is 4.79 Å². The lowest BCUT2D eigenvalue weighted by Gasteiger charge is -2.11. The summed E-state index contributed by atoms with van der Waals surface area (Å²) >= 11 is 0. The van der Waals surface area contributed by atoms with E-state index in [-0.39, 0.29) is 5.91 Å². The van der Waals surface area contributed by atoms with E-state index >= 15 is 0 Å². The van der Waals surface area contributed by atoms with Crippen molar-refractivity contribution in [2.45, 2.75) is 6.54 Å². The Balaban J connectivity index is 2.01. The molecule has 0 fully saturated rings. The van der Waals surface area contributed by atoms with E-state index in [1.807, 2.05) is 24.3 Å². The van der Waals surface area contributed by atoms with Gasteiger partial charge in [-0.2, -0.15) is 0 Å². The van der Waals surface area contributed by atoms with Gasteiger partial charge in [0.2, 0.25) is 0 Å². The molecule has 0 aliphatic rings. The summed E-state index contributed by atoms with van der Waals surface area (Å²) in [6, 6.07) is 11.2. The Morgan fingerprint density at radius 3 is 2.60 bits per heavy atom. The molecule has 5 nitrogen and oxygen atoms in total. The predicted octanol–water partition coefficient (Wildman–Crippen LogP) is 1.98. The van der Waals surface area contributed by atoms with E-state index in [1.54, 1.807) is 32.4 Å². The molecular weight excluding hydrogens is 252 g/mol. The number of para-hydroxylation sites is 1. The first-order valence-electron chi connectivity index (χ1n) is 6.33. The monoisotopic (exact) mass is 270 g/mol. The van der Waals surface area contributed by atoms with Crippen LogP contribution in [0.5, 0.6) is 0 Å². The Bertz CT molecular complexity index is 593. The molecular formula is C15H18N4O. The van der Waals surface area contributed by atoms with Crippen LogP contribution in [0.1, 0.15) is 15.9 Å². The predicted molar refractivity (Wildman–Crippen MR) is 80.4 cm³/mol. The molecule has 104 valence electrons. The second-order valence-corrected chi connectivity index (χ2v) is 4.68. The fraction of sp³-hybridized carbons (Fsp3) is 0.200. The lowest BCUT2D eigenvalue weighted by Crippen LogP contribution is -2.21. The summed E-state index contributed by atoms with van der Waals surface area (Å²) < 4.78 is 0. The van der Waals surface area contributed by atoms with Crippen LogP contribution < -0.4 is 11.1 Å². The van der Waals surface area contributed by atoms with Crippen LogP contribution in [0.25, 0.3) is 0 Å². The molecule has 0 saturated carbocycles. The lowest BCUT2D eigenvalue weighted by atomic mass is 10.2. The minimum Gasteiger partial charge on any atom is -0.398 e. The highest BCUT2D eigenvalue weighted by Gasteiger charge is 2.08. The van der Waals surface area contributed by atoms with Crippen molar-refractivity contribution in [3.05, 3.63) is 53.7 Å². The number of nitrogens with two attached hydrogens (primary N) is 1. The summed E-state index contributed by atoms with van der Waals surface area (Å²) in [5, 5.41) is 3.18. The maximum Gasteiger partial charge on any atom is 0.254 e. The van der Waals surface area contributed by atoms with Crippen molar-refractivity contribution in [1.29, 1.82) is 0 Å². The third-order valence-corrected chi connectivity index (χ3v) is 2.93. The highest BCUT2D eigenvalue weighted by Crippen LogP contribution is 2.13. The number of benzene rings is 1. The average Bonchev–Trinajstić information content (AvgIpc) is 2.46. The van der Waals surface area contributed by atoms with Gasteiger partial charge in [0.15, 0.2) is 0 Å². The summed E-state index contributed by atoms with van der Waals surface area (Å²) in [5.41, 5.74) is 8.21. The van der Waals surface area contributed by atoms with E-state index in [1.165, 1.54) is 4.90 Å². The van der Waals surface area contributed by atoms with Crippen molar-refractivity contribution in [2.24, 2.45) is 0 Å². The molecule has 0 saturated heterocycles. The second-order valence-electron chi connectivity index (χ2n) is 4.68. The molecule has 2 aromatic rings. The molecule has 20 heavy (non-hydrogen) atoms. The maximum atomic E-state index is 11.7. The molecule has 3 N–H and O–H groups in total. The van der Waals surface area contributed by atoms with E-state index in [0.29, 0.717) is 17.9 Å². The molecule has 1 heterocycles. The summed E-state index contributed by atoms with van der Waals surface area (Å²) in [6.45, 7) is 0.598. The standard InChI is InChI=1S/C15H18N4O/c1-19(2)15(20)12-7-8-14(18-10-12)17-9-11-5-3-4-6-13(11)16/h3-8,10H,9,16H2,1-2H3,(H,17,18). The van der Waals surface area contributed by atoms with E-state index in [9.17, 15) is 4.79 Å². The first-order chi connectivity index (χ1) is 9.58. The molecule has 1 amide bonds. The number of aromatic nitrogens is 1. The van der Waals surface area contributed by atoms with Gasteiger partial charge in [-0.3, -0.25) is 4.79 Å². The largest absolute Gasteiger partial charge is 0.398 e. The molecule has 0 spiro atoms. The smallest absolute Gasteiger partial charge is 0.254 e. The zero-order chi connectivity index (χ0) is 14.5. The van der Waals surface area contributed by atoms with Crippen LogP contribution in [0.4, 0.5) is 11.5 Å². The van der Waals surface area contributed by atoms with Crippen molar-refractivity contribution in [3.8, 4) is 0 Å². The minimum absolute atomic E-state index is 0.0589. The summed E-state index contributed by atoms with van der Waals surface area (Å²) in [4.78, 5) is 17.5. The summed E-state index contributed by atoms with van der Waals surface area (Å²) in [7, 11) is 3.43. The van der Waals surface area contributed by atoms with Gasteiger partial charge >= 0.3 is 0 Å². The quantitative estimate of drug-likeness (QED) is 0.833. The van der Waals surface area contributed by atoms with Gasteiger partial charge in [-0.05, 0) is 23.8 Å².